The van der Waals surface area contributed by atoms with Crippen LogP contribution in [-0.4, -0.2) is 34.3 Å². The van der Waals surface area contributed by atoms with E-state index in [0.29, 0.717) is 25.2 Å². The zero-order valence-electron chi connectivity index (χ0n) is 13.7. The molecule has 2 bridgehead atoms. The van der Waals surface area contributed by atoms with Gasteiger partial charge in [-0.2, -0.15) is 0 Å². The normalized spacial score (nSPS) is 25.6. The molecule has 3 atom stereocenters. The molecule has 1 fully saturated rings. The number of fused-ring (bicyclic) bond motifs is 4. The van der Waals surface area contributed by atoms with E-state index in [1.165, 1.54) is 12.1 Å². The second kappa shape index (κ2) is 6.35. The van der Waals surface area contributed by atoms with Crippen molar-refractivity contribution in [2.24, 2.45) is 5.92 Å². The maximum Gasteiger partial charge on any atom is 0.251 e. The van der Waals surface area contributed by atoms with Crippen molar-refractivity contribution >= 4 is 0 Å². The van der Waals surface area contributed by atoms with Crippen molar-refractivity contribution in [2.45, 2.75) is 24.9 Å². The summed E-state index contributed by atoms with van der Waals surface area (Å²) in [4.78, 5) is 14.4. The van der Waals surface area contributed by atoms with Gasteiger partial charge < -0.3 is 9.67 Å². The lowest BCUT2D eigenvalue weighted by molar-refractivity contribution is 0.0574. The number of hydrogen-bond donors (Lipinski definition) is 1. The predicted molar refractivity (Wildman–Crippen MR) is 89.3 cm³/mol. The molecule has 0 aliphatic carbocycles. The van der Waals surface area contributed by atoms with Gasteiger partial charge in [-0.25, -0.2) is 8.78 Å². The van der Waals surface area contributed by atoms with Crippen LogP contribution in [0.25, 0.3) is 0 Å². The minimum Gasteiger partial charge on any atom is -0.394 e. The third-order valence-electron chi connectivity index (χ3n) is 5.49. The lowest BCUT2D eigenvalue weighted by Gasteiger charge is -2.46. The van der Waals surface area contributed by atoms with E-state index in [9.17, 15) is 18.7 Å². The molecule has 1 aromatic carbocycles. The summed E-state index contributed by atoms with van der Waals surface area (Å²) in [5.41, 5.74) is 1.18. The summed E-state index contributed by atoms with van der Waals surface area (Å²) >= 11 is 0. The Hall–Kier alpha value is -2.05. The summed E-state index contributed by atoms with van der Waals surface area (Å²) in [6.45, 7) is 1.56. The quantitative estimate of drug-likeness (QED) is 0.927. The Labute approximate surface area is 144 Å². The zero-order valence-corrected chi connectivity index (χ0v) is 13.7. The predicted octanol–water partition coefficient (Wildman–Crippen LogP) is 2.28. The van der Waals surface area contributed by atoms with Crippen molar-refractivity contribution in [1.29, 1.82) is 0 Å². The molecular formula is C19H20F2N2O2. The lowest BCUT2D eigenvalue weighted by Crippen LogP contribution is -2.50. The fourth-order valence-corrected chi connectivity index (χ4v) is 4.41. The number of aliphatic hydroxyl groups is 1. The fourth-order valence-electron chi connectivity index (χ4n) is 4.41. The molecule has 0 amide bonds. The Morgan fingerprint density at radius 1 is 1.12 bits per heavy atom. The van der Waals surface area contributed by atoms with Crippen LogP contribution in [0.15, 0.2) is 41.2 Å². The highest BCUT2D eigenvalue weighted by molar-refractivity contribution is 5.21. The number of aliphatic hydroxyl groups excluding tert-OH is 1. The Kier molecular flexibility index (Phi) is 4.17. The Bertz CT molecular complexity index is 852. The number of aromatic nitrogens is 1. The molecule has 4 rings (SSSR count). The SMILES string of the molecule is O=c1cccc2n1[C@@H](CO)[C@H]1C[C@@H]2CN(Cc2cccc(F)c2F)C1. The van der Waals surface area contributed by atoms with Crippen LogP contribution in [-0.2, 0) is 6.54 Å². The van der Waals surface area contributed by atoms with Gasteiger partial charge in [-0.05, 0) is 24.5 Å². The van der Waals surface area contributed by atoms with E-state index < -0.39 is 11.6 Å². The summed E-state index contributed by atoms with van der Waals surface area (Å²) in [5.74, 6) is -1.35. The highest BCUT2D eigenvalue weighted by Gasteiger charge is 2.40. The highest BCUT2D eigenvalue weighted by Crippen LogP contribution is 2.41. The molecule has 4 nitrogen and oxygen atoms in total. The average molecular weight is 346 g/mol. The average Bonchev–Trinajstić information content (AvgIpc) is 2.60. The van der Waals surface area contributed by atoms with E-state index in [4.69, 9.17) is 0 Å². The zero-order chi connectivity index (χ0) is 17.6. The molecule has 2 aliphatic heterocycles. The molecular weight excluding hydrogens is 326 g/mol. The number of piperidine rings is 1. The maximum absolute atomic E-state index is 14.0. The first-order valence-electron chi connectivity index (χ1n) is 8.56. The number of nitrogens with zero attached hydrogens (tertiary/aromatic N) is 2. The van der Waals surface area contributed by atoms with Crippen LogP contribution in [0.1, 0.15) is 29.6 Å². The molecule has 1 aromatic heterocycles. The highest BCUT2D eigenvalue weighted by atomic mass is 19.2. The summed E-state index contributed by atoms with van der Waals surface area (Å²) in [7, 11) is 0. The number of benzene rings is 1. The van der Waals surface area contributed by atoms with Crippen LogP contribution in [0.3, 0.4) is 0 Å². The minimum atomic E-state index is -0.833. The van der Waals surface area contributed by atoms with E-state index in [0.717, 1.165) is 18.2 Å². The molecule has 6 heteroatoms. The van der Waals surface area contributed by atoms with Crippen LogP contribution in [0, 0.1) is 17.6 Å². The van der Waals surface area contributed by atoms with Crippen molar-refractivity contribution in [3.05, 3.63) is 69.6 Å². The Morgan fingerprint density at radius 3 is 2.72 bits per heavy atom. The van der Waals surface area contributed by atoms with Crippen molar-refractivity contribution in [3.8, 4) is 0 Å². The van der Waals surface area contributed by atoms with Gasteiger partial charge in [0.1, 0.15) is 0 Å². The molecule has 2 aliphatic rings. The van der Waals surface area contributed by atoms with Crippen molar-refractivity contribution in [3.63, 3.8) is 0 Å². The first kappa shape index (κ1) is 16.4. The number of likely N-dealkylation sites (tertiary alicyclic amines) is 1. The lowest BCUT2D eigenvalue weighted by atomic mass is 9.78. The van der Waals surface area contributed by atoms with Crippen LogP contribution in [0.4, 0.5) is 8.78 Å². The molecule has 1 N–H and O–H groups in total. The van der Waals surface area contributed by atoms with Gasteiger partial charge in [0.2, 0.25) is 0 Å². The standard InChI is InChI=1S/C19H20F2N2O2/c20-15-4-1-3-12(19(15)21)8-22-9-13-7-14(10-22)17(11-24)23-16(13)5-2-6-18(23)25/h1-6,13-14,17,24H,7-11H2/t13-,14+,17+/m1/s1. The van der Waals surface area contributed by atoms with Crippen LogP contribution in [0.2, 0.25) is 0 Å². The summed E-state index contributed by atoms with van der Waals surface area (Å²) in [5, 5.41) is 9.84. The molecule has 0 unspecified atom stereocenters. The van der Waals surface area contributed by atoms with Gasteiger partial charge in [-0.15, -0.1) is 0 Å². The van der Waals surface area contributed by atoms with Gasteiger partial charge in [0.25, 0.3) is 5.56 Å². The molecule has 1 saturated heterocycles. The van der Waals surface area contributed by atoms with Crippen LogP contribution < -0.4 is 5.56 Å². The molecule has 0 spiro atoms. The smallest absolute Gasteiger partial charge is 0.251 e. The molecule has 0 radical (unpaired) electrons. The van der Waals surface area contributed by atoms with Crippen LogP contribution >= 0.6 is 0 Å². The summed E-state index contributed by atoms with van der Waals surface area (Å²) in [6, 6.07) is 9.17. The molecule has 132 valence electrons. The molecule has 0 saturated carbocycles. The van der Waals surface area contributed by atoms with E-state index in [-0.39, 0.29) is 30.0 Å². The first-order valence-corrected chi connectivity index (χ1v) is 8.56. The van der Waals surface area contributed by atoms with Gasteiger partial charge in [-0.3, -0.25) is 9.69 Å². The second-order valence-corrected chi connectivity index (χ2v) is 7.01. The molecule has 25 heavy (non-hydrogen) atoms. The fraction of sp³-hybridized carbons (Fsp3) is 0.421. The second-order valence-electron chi connectivity index (χ2n) is 7.01. The largest absolute Gasteiger partial charge is 0.394 e. The topological polar surface area (TPSA) is 45.5 Å². The van der Waals surface area contributed by atoms with Gasteiger partial charge >= 0.3 is 0 Å². The van der Waals surface area contributed by atoms with E-state index >= 15 is 0 Å². The van der Waals surface area contributed by atoms with Crippen molar-refractivity contribution in [2.75, 3.05) is 19.7 Å². The molecule has 2 aromatic rings. The third kappa shape index (κ3) is 2.79. The third-order valence-corrected chi connectivity index (χ3v) is 5.49. The van der Waals surface area contributed by atoms with E-state index in [1.54, 1.807) is 16.7 Å². The van der Waals surface area contributed by atoms with Gasteiger partial charge in [0, 0.05) is 42.9 Å². The number of halogens is 2. The first-order chi connectivity index (χ1) is 12.1. The van der Waals surface area contributed by atoms with E-state index in [2.05, 4.69) is 4.90 Å². The summed E-state index contributed by atoms with van der Waals surface area (Å²) in [6.07, 6.45) is 0.900. The number of pyridine rings is 1. The van der Waals surface area contributed by atoms with Gasteiger partial charge in [-0.1, -0.05) is 18.2 Å². The Balaban J connectivity index is 1.65. The number of hydrogen-bond acceptors (Lipinski definition) is 3. The Morgan fingerprint density at radius 2 is 1.92 bits per heavy atom. The number of rotatable bonds is 3. The van der Waals surface area contributed by atoms with Crippen molar-refractivity contribution in [1.82, 2.24) is 9.47 Å². The minimum absolute atomic E-state index is 0.0872. The van der Waals surface area contributed by atoms with E-state index in [1.807, 2.05) is 6.07 Å². The monoisotopic (exact) mass is 346 g/mol. The maximum atomic E-state index is 14.0. The van der Waals surface area contributed by atoms with Gasteiger partial charge in [0.05, 0.1) is 12.6 Å². The van der Waals surface area contributed by atoms with Crippen molar-refractivity contribution < 1.29 is 13.9 Å². The summed E-state index contributed by atoms with van der Waals surface area (Å²) < 4.78 is 29.2. The van der Waals surface area contributed by atoms with Gasteiger partial charge in [0.15, 0.2) is 11.6 Å². The van der Waals surface area contributed by atoms with Crippen LogP contribution in [0.5, 0.6) is 0 Å². The molecule has 3 heterocycles.